The molecule has 0 aromatic heterocycles. The Balaban J connectivity index is 1.65. The number of nitrogens with one attached hydrogen (secondary N) is 1. The van der Waals surface area contributed by atoms with Crippen molar-refractivity contribution in [1.82, 2.24) is 10.2 Å². The van der Waals surface area contributed by atoms with Gasteiger partial charge in [-0.3, -0.25) is 19.4 Å². The van der Waals surface area contributed by atoms with E-state index in [0.29, 0.717) is 22.8 Å². The van der Waals surface area contributed by atoms with Crippen LogP contribution >= 0.6 is 0 Å². The topological polar surface area (TPSA) is 99.1 Å². The van der Waals surface area contributed by atoms with E-state index in [0.717, 1.165) is 50.5 Å². The van der Waals surface area contributed by atoms with Gasteiger partial charge in [-0.15, -0.1) is 0 Å². The molecular weight excluding hydrogens is 485 g/mol. The van der Waals surface area contributed by atoms with E-state index in [2.05, 4.69) is 19.2 Å². The number of hydrogen-bond donors (Lipinski definition) is 2. The highest BCUT2D eigenvalue weighted by Crippen LogP contribution is 2.47. The van der Waals surface area contributed by atoms with Gasteiger partial charge in [-0.25, -0.2) is 4.39 Å². The monoisotopic (exact) mass is 521 g/mol. The summed E-state index contributed by atoms with van der Waals surface area (Å²) in [5.41, 5.74) is 1.73. The number of aliphatic imine (C=N–C) groups is 1. The van der Waals surface area contributed by atoms with E-state index in [-0.39, 0.29) is 36.6 Å². The molecule has 0 unspecified atom stereocenters. The number of carbonyl (C=O) groups is 3. The number of carboxylic acid groups (broad SMARTS) is 1. The average molecular weight is 522 g/mol. The van der Waals surface area contributed by atoms with Crippen molar-refractivity contribution >= 4 is 23.5 Å². The molecule has 1 aliphatic heterocycles. The second-order valence-electron chi connectivity index (χ2n) is 10.3. The van der Waals surface area contributed by atoms with E-state index in [1.165, 1.54) is 12.1 Å². The molecule has 2 N–H and O–H groups in total. The van der Waals surface area contributed by atoms with Crippen molar-refractivity contribution in [2.45, 2.75) is 76.9 Å². The van der Waals surface area contributed by atoms with Crippen molar-refractivity contribution in [2.24, 2.45) is 10.9 Å². The Morgan fingerprint density at radius 1 is 1.11 bits per heavy atom. The summed E-state index contributed by atoms with van der Waals surface area (Å²) in [7, 11) is 0. The van der Waals surface area contributed by atoms with Crippen molar-refractivity contribution in [1.29, 1.82) is 0 Å². The van der Waals surface area contributed by atoms with Crippen LogP contribution in [0.3, 0.4) is 0 Å². The van der Waals surface area contributed by atoms with Crippen LogP contribution in [0, 0.1) is 11.7 Å². The number of nitrogens with zero attached hydrogens (tertiary/aromatic N) is 2. The zero-order valence-electron chi connectivity index (χ0n) is 22.1. The van der Waals surface area contributed by atoms with Gasteiger partial charge in [-0.05, 0) is 80.0 Å². The van der Waals surface area contributed by atoms with E-state index in [9.17, 15) is 18.8 Å². The number of aliphatic carboxylic acids is 1. The lowest BCUT2D eigenvalue weighted by atomic mass is 9.79. The van der Waals surface area contributed by atoms with Crippen LogP contribution < -0.4 is 5.32 Å². The van der Waals surface area contributed by atoms with Gasteiger partial charge in [0.05, 0.1) is 12.5 Å². The fourth-order valence-electron chi connectivity index (χ4n) is 5.70. The molecule has 2 aliphatic rings. The minimum atomic E-state index is -0.970. The molecule has 0 radical (unpaired) electrons. The molecule has 1 atom stereocenters. The molecule has 2 aromatic carbocycles. The van der Waals surface area contributed by atoms with Crippen LogP contribution in [-0.4, -0.2) is 45.7 Å². The fourth-order valence-corrected chi connectivity index (χ4v) is 5.70. The molecule has 1 saturated carbocycles. The highest BCUT2D eigenvalue weighted by molar-refractivity contribution is 6.46. The van der Waals surface area contributed by atoms with E-state index in [1.54, 1.807) is 24.3 Å². The first-order valence-electron chi connectivity index (χ1n) is 13.6. The Hall–Kier alpha value is -3.55. The van der Waals surface area contributed by atoms with Gasteiger partial charge < -0.3 is 15.3 Å². The van der Waals surface area contributed by atoms with Gasteiger partial charge in [-0.1, -0.05) is 38.8 Å². The molecule has 8 heteroatoms. The zero-order valence-corrected chi connectivity index (χ0v) is 22.1. The molecule has 1 fully saturated rings. The van der Waals surface area contributed by atoms with Crippen LogP contribution in [0.2, 0.25) is 0 Å². The zero-order chi connectivity index (χ0) is 27.3. The standard InChI is InChI=1S/C30H36FN3O4/c1-3-5-25(21-6-8-23(9-7-21)28(37)32-19-16-26(35)36)34-29(38)27(22-10-12-24(31)13-11-22)33-30(34)17-14-20(4-2)15-18-30/h6-13,20,25H,3-5,14-19H2,1-2H3,(H,32,37)(H,35,36)/t20?,25-,30?/m1/s1. The second-order valence-corrected chi connectivity index (χ2v) is 10.3. The Kier molecular flexibility index (Phi) is 8.59. The number of carbonyl (C=O) groups excluding carboxylic acids is 2. The molecule has 2 aromatic rings. The van der Waals surface area contributed by atoms with Gasteiger partial charge in [0.2, 0.25) is 0 Å². The third-order valence-electron chi connectivity index (χ3n) is 7.85. The molecule has 38 heavy (non-hydrogen) atoms. The SMILES string of the molecule is CCC[C@H](c1ccc(C(=O)NCCC(=O)O)cc1)N1C(=O)C(c2ccc(F)cc2)=NC12CCC(CC)CC2. The first-order valence-corrected chi connectivity index (χ1v) is 13.6. The van der Waals surface area contributed by atoms with E-state index in [4.69, 9.17) is 10.1 Å². The Bertz CT molecular complexity index is 1180. The lowest BCUT2D eigenvalue weighted by Gasteiger charge is -2.45. The minimum absolute atomic E-state index is 0.0570. The Morgan fingerprint density at radius 2 is 1.76 bits per heavy atom. The van der Waals surface area contributed by atoms with Gasteiger partial charge in [0.1, 0.15) is 17.2 Å². The fraction of sp³-hybridized carbons (Fsp3) is 0.467. The summed E-state index contributed by atoms with van der Waals surface area (Å²) in [4.78, 5) is 44.3. The van der Waals surface area contributed by atoms with Crippen molar-refractivity contribution in [3.05, 3.63) is 71.0 Å². The maximum atomic E-state index is 14.0. The first kappa shape index (κ1) is 27.5. The number of carboxylic acids is 1. The Labute approximate surface area is 223 Å². The number of benzene rings is 2. The highest BCUT2D eigenvalue weighted by Gasteiger charge is 2.51. The summed E-state index contributed by atoms with van der Waals surface area (Å²) in [6, 6.07) is 12.9. The first-order chi connectivity index (χ1) is 18.3. The number of halogens is 1. The molecule has 1 aliphatic carbocycles. The van der Waals surface area contributed by atoms with Crippen LogP contribution in [-0.2, 0) is 9.59 Å². The molecular formula is C30H36FN3O4. The minimum Gasteiger partial charge on any atom is -0.481 e. The van der Waals surface area contributed by atoms with Crippen LogP contribution in [0.15, 0.2) is 53.5 Å². The smallest absolute Gasteiger partial charge is 0.305 e. The third-order valence-corrected chi connectivity index (χ3v) is 7.85. The van der Waals surface area contributed by atoms with Crippen molar-refractivity contribution < 1.29 is 23.9 Å². The van der Waals surface area contributed by atoms with Crippen LogP contribution in [0.1, 0.15) is 92.7 Å². The predicted molar refractivity (Wildman–Crippen MR) is 143 cm³/mol. The van der Waals surface area contributed by atoms with Crippen molar-refractivity contribution in [2.75, 3.05) is 6.54 Å². The third kappa shape index (κ3) is 5.79. The van der Waals surface area contributed by atoms with Gasteiger partial charge in [0, 0.05) is 17.7 Å². The lowest BCUT2D eigenvalue weighted by molar-refractivity contribution is -0.137. The number of amides is 2. The average Bonchev–Trinajstić information content (AvgIpc) is 3.19. The van der Waals surface area contributed by atoms with Crippen LogP contribution in [0.25, 0.3) is 0 Å². The van der Waals surface area contributed by atoms with Crippen LogP contribution in [0.5, 0.6) is 0 Å². The maximum Gasteiger partial charge on any atom is 0.305 e. The predicted octanol–water partition coefficient (Wildman–Crippen LogP) is 5.50. The van der Waals surface area contributed by atoms with Crippen molar-refractivity contribution in [3.63, 3.8) is 0 Å². The summed E-state index contributed by atoms with van der Waals surface area (Å²) < 4.78 is 13.6. The maximum absolute atomic E-state index is 14.0. The van der Waals surface area contributed by atoms with Gasteiger partial charge >= 0.3 is 5.97 Å². The van der Waals surface area contributed by atoms with Crippen molar-refractivity contribution in [3.8, 4) is 0 Å². The van der Waals surface area contributed by atoms with Crippen LogP contribution in [0.4, 0.5) is 4.39 Å². The van der Waals surface area contributed by atoms with Gasteiger partial charge in [0.25, 0.3) is 11.8 Å². The molecule has 1 heterocycles. The van der Waals surface area contributed by atoms with E-state index in [1.807, 2.05) is 17.0 Å². The Morgan fingerprint density at radius 3 is 2.34 bits per heavy atom. The van der Waals surface area contributed by atoms with E-state index >= 15 is 0 Å². The lowest BCUT2D eigenvalue weighted by Crippen LogP contribution is -2.50. The summed E-state index contributed by atoms with van der Waals surface area (Å²) in [5.74, 6) is -1.18. The van der Waals surface area contributed by atoms with E-state index < -0.39 is 11.6 Å². The number of rotatable bonds is 10. The summed E-state index contributed by atoms with van der Waals surface area (Å²) in [6.45, 7) is 4.34. The molecule has 2 amide bonds. The summed E-state index contributed by atoms with van der Waals surface area (Å²) in [5, 5.41) is 11.4. The molecule has 7 nitrogen and oxygen atoms in total. The normalized spacial score (nSPS) is 21.9. The molecule has 202 valence electrons. The quantitative estimate of drug-likeness (QED) is 0.431. The summed E-state index contributed by atoms with van der Waals surface area (Å²) >= 11 is 0. The second kappa shape index (κ2) is 11.9. The summed E-state index contributed by atoms with van der Waals surface area (Å²) in [6.07, 6.45) is 6.11. The molecule has 0 saturated heterocycles. The number of hydrogen-bond acceptors (Lipinski definition) is 4. The molecule has 1 spiro atoms. The molecule has 0 bridgehead atoms. The highest BCUT2D eigenvalue weighted by atomic mass is 19.1. The molecule has 4 rings (SSSR count). The van der Waals surface area contributed by atoms with Gasteiger partial charge in [-0.2, -0.15) is 0 Å². The van der Waals surface area contributed by atoms with Gasteiger partial charge in [0.15, 0.2) is 0 Å². The largest absolute Gasteiger partial charge is 0.481 e.